The van der Waals surface area contributed by atoms with Gasteiger partial charge in [-0.15, -0.1) is 0 Å². The van der Waals surface area contributed by atoms with Crippen LogP contribution >= 0.6 is 0 Å². The fraction of sp³-hybridized carbons (Fsp3) is 0.643. The quantitative estimate of drug-likeness (QED) is 0.844. The second kappa shape index (κ2) is 6.07. The van der Waals surface area contributed by atoms with Crippen LogP contribution in [0.15, 0.2) is 12.4 Å². The fourth-order valence-corrected chi connectivity index (χ4v) is 2.87. The number of aryl methyl sites for hydroxylation is 1. The SMILES string of the molecule is Cc1cnn(CCNC(=O)C2CC(C)CC2C(=O)O)c1. The van der Waals surface area contributed by atoms with Crippen LogP contribution in [-0.4, -0.2) is 33.3 Å². The number of carboxylic acid groups (broad SMARTS) is 1. The van der Waals surface area contributed by atoms with Gasteiger partial charge in [-0.2, -0.15) is 5.10 Å². The summed E-state index contributed by atoms with van der Waals surface area (Å²) < 4.78 is 1.77. The number of rotatable bonds is 5. The molecule has 0 bridgehead atoms. The molecule has 0 spiro atoms. The van der Waals surface area contributed by atoms with Crippen LogP contribution in [-0.2, 0) is 16.1 Å². The lowest BCUT2D eigenvalue weighted by atomic mass is 9.95. The van der Waals surface area contributed by atoms with E-state index in [9.17, 15) is 9.59 Å². The predicted molar refractivity (Wildman–Crippen MR) is 73.0 cm³/mol. The number of amides is 1. The van der Waals surface area contributed by atoms with Gasteiger partial charge in [-0.3, -0.25) is 14.3 Å². The normalized spacial score (nSPS) is 25.6. The molecule has 3 unspecified atom stereocenters. The van der Waals surface area contributed by atoms with Crippen molar-refractivity contribution in [2.24, 2.45) is 17.8 Å². The highest BCUT2D eigenvalue weighted by Crippen LogP contribution is 2.36. The van der Waals surface area contributed by atoms with Gasteiger partial charge in [0.1, 0.15) is 0 Å². The van der Waals surface area contributed by atoms with E-state index in [1.807, 2.05) is 20.0 Å². The molecule has 20 heavy (non-hydrogen) atoms. The van der Waals surface area contributed by atoms with Crippen LogP contribution in [0, 0.1) is 24.7 Å². The van der Waals surface area contributed by atoms with E-state index in [-0.39, 0.29) is 5.91 Å². The molecule has 110 valence electrons. The minimum atomic E-state index is -0.864. The smallest absolute Gasteiger partial charge is 0.307 e. The lowest BCUT2D eigenvalue weighted by Crippen LogP contribution is -2.36. The van der Waals surface area contributed by atoms with E-state index in [0.29, 0.717) is 31.8 Å². The van der Waals surface area contributed by atoms with Crippen LogP contribution in [0.3, 0.4) is 0 Å². The number of nitrogens with one attached hydrogen (secondary N) is 1. The summed E-state index contributed by atoms with van der Waals surface area (Å²) in [5.74, 6) is -1.66. The van der Waals surface area contributed by atoms with E-state index in [1.54, 1.807) is 10.9 Å². The van der Waals surface area contributed by atoms with Gasteiger partial charge in [-0.25, -0.2) is 0 Å². The van der Waals surface area contributed by atoms with E-state index in [0.717, 1.165) is 5.56 Å². The first-order chi connectivity index (χ1) is 9.47. The molecule has 0 saturated heterocycles. The van der Waals surface area contributed by atoms with Gasteiger partial charge in [0.05, 0.1) is 24.6 Å². The van der Waals surface area contributed by atoms with Crippen LogP contribution in [0.5, 0.6) is 0 Å². The molecule has 1 saturated carbocycles. The molecule has 0 radical (unpaired) electrons. The average molecular weight is 279 g/mol. The summed E-state index contributed by atoms with van der Waals surface area (Å²) in [6.07, 6.45) is 4.92. The molecule has 1 fully saturated rings. The molecule has 2 rings (SSSR count). The average Bonchev–Trinajstić information content (AvgIpc) is 2.95. The first-order valence-corrected chi connectivity index (χ1v) is 6.97. The van der Waals surface area contributed by atoms with E-state index >= 15 is 0 Å². The number of carbonyl (C=O) groups is 2. The molecule has 1 heterocycles. The highest BCUT2D eigenvalue weighted by Gasteiger charge is 2.40. The Labute approximate surface area is 118 Å². The Kier molecular flexibility index (Phi) is 4.42. The van der Waals surface area contributed by atoms with Crippen LogP contribution in [0.25, 0.3) is 0 Å². The third-order valence-electron chi connectivity index (χ3n) is 3.85. The number of nitrogens with zero attached hydrogens (tertiary/aromatic N) is 2. The third kappa shape index (κ3) is 3.37. The molecule has 0 aromatic carbocycles. The van der Waals surface area contributed by atoms with Gasteiger partial charge in [0.2, 0.25) is 5.91 Å². The number of aromatic nitrogens is 2. The van der Waals surface area contributed by atoms with E-state index in [1.165, 1.54) is 0 Å². The molecular weight excluding hydrogens is 258 g/mol. The topological polar surface area (TPSA) is 84.2 Å². The van der Waals surface area contributed by atoms with Crippen molar-refractivity contribution < 1.29 is 14.7 Å². The largest absolute Gasteiger partial charge is 0.481 e. The molecule has 0 aliphatic heterocycles. The van der Waals surface area contributed by atoms with Crippen molar-refractivity contribution in [1.29, 1.82) is 0 Å². The lowest BCUT2D eigenvalue weighted by molar-refractivity contribution is -0.146. The molecule has 6 nitrogen and oxygen atoms in total. The molecule has 1 aliphatic carbocycles. The molecule has 2 N–H and O–H groups in total. The van der Waals surface area contributed by atoms with Gasteiger partial charge >= 0.3 is 5.97 Å². The first-order valence-electron chi connectivity index (χ1n) is 6.97. The summed E-state index contributed by atoms with van der Waals surface area (Å²) >= 11 is 0. The minimum Gasteiger partial charge on any atom is -0.481 e. The minimum absolute atomic E-state index is 0.148. The summed E-state index contributed by atoms with van der Waals surface area (Å²) in [5.41, 5.74) is 1.08. The third-order valence-corrected chi connectivity index (χ3v) is 3.85. The fourth-order valence-electron chi connectivity index (χ4n) is 2.87. The monoisotopic (exact) mass is 279 g/mol. The zero-order valence-corrected chi connectivity index (χ0v) is 11.9. The van der Waals surface area contributed by atoms with Crippen molar-refractivity contribution in [2.75, 3.05) is 6.54 Å². The molecule has 1 aliphatic rings. The lowest BCUT2D eigenvalue weighted by Gasteiger charge is -2.15. The summed E-state index contributed by atoms with van der Waals surface area (Å²) in [5, 5.41) is 16.1. The van der Waals surface area contributed by atoms with Gasteiger partial charge in [-0.05, 0) is 31.2 Å². The van der Waals surface area contributed by atoms with E-state index in [2.05, 4.69) is 10.4 Å². The zero-order valence-electron chi connectivity index (χ0n) is 11.9. The van der Waals surface area contributed by atoms with Crippen LogP contribution < -0.4 is 5.32 Å². The number of hydrogen-bond acceptors (Lipinski definition) is 3. The summed E-state index contributed by atoms with van der Waals surface area (Å²) in [4.78, 5) is 23.3. The zero-order chi connectivity index (χ0) is 14.7. The molecule has 1 amide bonds. The molecular formula is C14H21N3O3. The van der Waals surface area contributed by atoms with E-state index < -0.39 is 17.8 Å². The number of hydrogen-bond donors (Lipinski definition) is 2. The Bertz CT molecular complexity index is 498. The second-order valence-electron chi connectivity index (χ2n) is 5.70. The molecule has 1 aromatic heterocycles. The Morgan fingerprint density at radius 3 is 2.75 bits per heavy atom. The highest BCUT2D eigenvalue weighted by molar-refractivity contribution is 5.85. The van der Waals surface area contributed by atoms with Gasteiger partial charge in [0.25, 0.3) is 0 Å². The maximum absolute atomic E-state index is 12.1. The van der Waals surface area contributed by atoms with Gasteiger partial charge < -0.3 is 10.4 Å². The summed E-state index contributed by atoms with van der Waals surface area (Å²) in [6, 6.07) is 0. The number of carboxylic acids is 1. The van der Waals surface area contributed by atoms with Crippen LogP contribution in [0.2, 0.25) is 0 Å². The Morgan fingerprint density at radius 1 is 1.45 bits per heavy atom. The highest BCUT2D eigenvalue weighted by atomic mass is 16.4. The van der Waals surface area contributed by atoms with Crippen molar-refractivity contribution >= 4 is 11.9 Å². The number of carbonyl (C=O) groups excluding carboxylic acids is 1. The van der Waals surface area contributed by atoms with Gasteiger partial charge in [0, 0.05) is 12.7 Å². The standard InChI is InChI=1S/C14H21N3O3/c1-9-5-11(12(6-9)14(19)20)13(18)15-3-4-17-8-10(2)7-16-17/h7-9,11-12H,3-6H2,1-2H3,(H,15,18)(H,19,20). The molecule has 1 aromatic rings. The van der Waals surface area contributed by atoms with Crippen molar-refractivity contribution in [3.05, 3.63) is 18.0 Å². The van der Waals surface area contributed by atoms with Crippen molar-refractivity contribution in [3.63, 3.8) is 0 Å². The Morgan fingerprint density at radius 2 is 2.15 bits per heavy atom. The first kappa shape index (κ1) is 14.6. The summed E-state index contributed by atoms with van der Waals surface area (Å²) in [6.45, 7) is 5.02. The predicted octanol–water partition coefficient (Wildman–Crippen LogP) is 1.05. The Balaban J connectivity index is 1.83. The van der Waals surface area contributed by atoms with E-state index in [4.69, 9.17) is 5.11 Å². The van der Waals surface area contributed by atoms with Crippen molar-refractivity contribution in [2.45, 2.75) is 33.2 Å². The van der Waals surface area contributed by atoms with Crippen LogP contribution in [0.1, 0.15) is 25.3 Å². The van der Waals surface area contributed by atoms with Gasteiger partial charge in [-0.1, -0.05) is 6.92 Å². The maximum Gasteiger partial charge on any atom is 0.307 e. The summed E-state index contributed by atoms with van der Waals surface area (Å²) in [7, 11) is 0. The van der Waals surface area contributed by atoms with Crippen molar-refractivity contribution in [1.82, 2.24) is 15.1 Å². The van der Waals surface area contributed by atoms with Crippen LogP contribution in [0.4, 0.5) is 0 Å². The second-order valence-corrected chi connectivity index (χ2v) is 5.70. The molecule has 3 atom stereocenters. The van der Waals surface area contributed by atoms with Gasteiger partial charge in [0.15, 0.2) is 0 Å². The molecule has 6 heteroatoms. The maximum atomic E-state index is 12.1. The van der Waals surface area contributed by atoms with Crippen molar-refractivity contribution in [3.8, 4) is 0 Å². The Hall–Kier alpha value is -1.85. The number of aliphatic carboxylic acids is 1.